The van der Waals surface area contributed by atoms with Gasteiger partial charge in [0.2, 0.25) is 0 Å². The molecule has 0 radical (unpaired) electrons. The lowest BCUT2D eigenvalue weighted by molar-refractivity contribution is -0.139. The van der Waals surface area contributed by atoms with E-state index in [9.17, 15) is 14.0 Å². The van der Waals surface area contributed by atoms with Crippen LogP contribution < -0.4 is 0 Å². The Morgan fingerprint density at radius 3 is 2.85 bits per heavy atom. The zero-order valence-corrected chi connectivity index (χ0v) is 16.3. The van der Waals surface area contributed by atoms with Crippen LogP contribution in [0.5, 0.6) is 0 Å². The highest BCUT2D eigenvalue weighted by Gasteiger charge is 2.24. The van der Waals surface area contributed by atoms with Crippen LogP contribution in [0.25, 0.3) is 11.0 Å². The van der Waals surface area contributed by atoms with Crippen molar-refractivity contribution in [1.29, 1.82) is 0 Å². The van der Waals surface area contributed by atoms with Crippen LogP contribution in [0.4, 0.5) is 4.39 Å². The molecule has 3 aromatic rings. The van der Waals surface area contributed by atoms with Gasteiger partial charge in [-0.2, -0.15) is 0 Å². The molecule has 1 amide bonds. The summed E-state index contributed by atoms with van der Waals surface area (Å²) in [5.74, 6) is -1.40. The Morgan fingerprint density at radius 1 is 1.33 bits per heavy atom. The molecular formula is C19H17BrFN3O3. The van der Waals surface area contributed by atoms with Gasteiger partial charge in [0.05, 0.1) is 17.4 Å². The van der Waals surface area contributed by atoms with Crippen LogP contribution >= 0.6 is 15.9 Å². The lowest BCUT2D eigenvalue weighted by Gasteiger charge is -2.21. The number of halogens is 2. The van der Waals surface area contributed by atoms with Crippen molar-refractivity contribution >= 4 is 38.8 Å². The minimum Gasteiger partial charge on any atom is -0.449 e. The summed E-state index contributed by atoms with van der Waals surface area (Å²) >= 11 is 3.34. The van der Waals surface area contributed by atoms with Gasteiger partial charge in [-0.1, -0.05) is 28.1 Å². The molecule has 1 N–H and O–H groups in total. The maximum absolute atomic E-state index is 13.3. The molecule has 27 heavy (non-hydrogen) atoms. The number of imidazole rings is 1. The lowest BCUT2D eigenvalue weighted by atomic mass is 10.2. The molecule has 6 nitrogen and oxygen atoms in total. The number of hydrogen-bond donors (Lipinski definition) is 1. The number of fused-ring (bicyclic) bond motifs is 1. The first kappa shape index (κ1) is 19.0. The highest BCUT2D eigenvalue weighted by Crippen LogP contribution is 2.23. The number of nitrogens with zero attached hydrogens (tertiary/aromatic N) is 2. The van der Waals surface area contributed by atoms with Gasteiger partial charge in [0.25, 0.3) is 5.91 Å². The molecule has 0 aliphatic carbocycles. The van der Waals surface area contributed by atoms with Gasteiger partial charge in [0.1, 0.15) is 11.3 Å². The summed E-state index contributed by atoms with van der Waals surface area (Å²) in [5, 5.41) is 0. The van der Waals surface area contributed by atoms with E-state index in [-0.39, 0.29) is 23.8 Å². The molecule has 1 aromatic heterocycles. The first-order chi connectivity index (χ1) is 12.8. The van der Waals surface area contributed by atoms with E-state index in [1.807, 2.05) is 0 Å². The van der Waals surface area contributed by atoms with E-state index >= 15 is 0 Å². The third-order valence-corrected chi connectivity index (χ3v) is 4.48. The van der Waals surface area contributed by atoms with Crippen LogP contribution in [0.3, 0.4) is 0 Å². The molecular weight excluding hydrogens is 417 g/mol. The number of nitrogens with one attached hydrogen (secondary N) is 1. The fourth-order valence-corrected chi connectivity index (χ4v) is 3.20. The van der Waals surface area contributed by atoms with E-state index < -0.39 is 12.1 Å². The van der Waals surface area contributed by atoms with Crippen LogP contribution in [0.2, 0.25) is 0 Å². The highest BCUT2D eigenvalue weighted by atomic mass is 79.9. The van der Waals surface area contributed by atoms with E-state index in [1.165, 1.54) is 30.3 Å². The van der Waals surface area contributed by atoms with Gasteiger partial charge in [-0.05, 0) is 36.8 Å². The van der Waals surface area contributed by atoms with Gasteiger partial charge in [-0.25, -0.2) is 14.2 Å². The third kappa shape index (κ3) is 4.33. The molecule has 1 heterocycles. The summed E-state index contributed by atoms with van der Waals surface area (Å²) in [5.41, 5.74) is 2.05. The predicted molar refractivity (Wildman–Crippen MR) is 102 cm³/mol. The van der Waals surface area contributed by atoms with Crippen molar-refractivity contribution in [2.75, 3.05) is 7.05 Å². The van der Waals surface area contributed by atoms with Crippen molar-refractivity contribution in [3.8, 4) is 0 Å². The van der Waals surface area contributed by atoms with Gasteiger partial charge in [0, 0.05) is 18.1 Å². The number of likely N-dealkylation sites (N-methyl/N-ethyl adjacent to an activating group) is 1. The number of rotatable bonds is 5. The predicted octanol–water partition coefficient (Wildman–Crippen LogP) is 3.67. The summed E-state index contributed by atoms with van der Waals surface area (Å²) in [4.78, 5) is 33.5. The smallest absolute Gasteiger partial charge is 0.341 e. The average molecular weight is 434 g/mol. The Kier molecular flexibility index (Phi) is 5.55. The molecule has 0 fully saturated rings. The molecule has 1 atom stereocenters. The first-order valence-electron chi connectivity index (χ1n) is 8.18. The van der Waals surface area contributed by atoms with Gasteiger partial charge in [0.15, 0.2) is 6.10 Å². The van der Waals surface area contributed by atoms with Crippen LogP contribution in [0.1, 0.15) is 22.8 Å². The number of esters is 1. The quantitative estimate of drug-likeness (QED) is 0.622. The first-order valence-corrected chi connectivity index (χ1v) is 8.97. The van der Waals surface area contributed by atoms with Crippen LogP contribution in [0.15, 0.2) is 47.2 Å². The number of amides is 1. The normalized spacial score (nSPS) is 12.0. The number of aromatic nitrogens is 2. The SMILES string of the molecule is C[C@@H](OC(=O)c1cc(Br)cc2[nH]cnc12)C(=O)N(C)Cc1cccc(F)c1. The van der Waals surface area contributed by atoms with Crippen molar-refractivity contribution < 1.29 is 18.7 Å². The second kappa shape index (κ2) is 7.87. The van der Waals surface area contributed by atoms with Gasteiger partial charge in [-0.3, -0.25) is 4.79 Å². The number of aromatic amines is 1. The molecule has 0 unspecified atom stereocenters. The van der Waals surface area contributed by atoms with Gasteiger partial charge < -0.3 is 14.6 Å². The van der Waals surface area contributed by atoms with Crippen molar-refractivity contribution in [3.63, 3.8) is 0 Å². The molecule has 3 rings (SSSR count). The van der Waals surface area contributed by atoms with E-state index in [4.69, 9.17) is 4.74 Å². The highest BCUT2D eigenvalue weighted by molar-refractivity contribution is 9.10. The molecule has 0 bridgehead atoms. The molecule has 0 saturated heterocycles. The minimum atomic E-state index is -0.996. The number of H-pyrrole nitrogens is 1. The van der Waals surface area contributed by atoms with Crippen LogP contribution in [-0.4, -0.2) is 39.9 Å². The van der Waals surface area contributed by atoms with E-state index in [0.29, 0.717) is 21.1 Å². The second-order valence-electron chi connectivity index (χ2n) is 6.12. The fourth-order valence-electron chi connectivity index (χ4n) is 2.74. The Morgan fingerprint density at radius 2 is 2.11 bits per heavy atom. The zero-order valence-electron chi connectivity index (χ0n) is 14.7. The van der Waals surface area contributed by atoms with Crippen molar-refractivity contribution in [2.45, 2.75) is 19.6 Å². The summed E-state index contributed by atoms with van der Waals surface area (Å²) < 4.78 is 19.3. The Balaban J connectivity index is 1.70. The third-order valence-electron chi connectivity index (χ3n) is 4.02. The Labute approximate surface area is 163 Å². The summed E-state index contributed by atoms with van der Waals surface area (Å²) in [6.45, 7) is 1.71. The van der Waals surface area contributed by atoms with Gasteiger partial charge >= 0.3 is 5.97 Å². The van der Waals surface area contributed by atoms with Crippen LogP contribution in [-0.2, 0) is 16.1 Å². The Bertz CT molecular complexity index is 1000. The summed E-state index contributed by atoms with van der Waals surface area (Å²) in [7, 11) is 1.57. The van der Waals surface area contributed by atoms with E-state index in [2.05, 4.69) is 25.9 Å². The molecule has 2 aromatic carbocycles. The molecule has 0 saturated carbocycles. The molecule has 0 spiro atoms. The number of benzene rings is 2. The largest absolute Gasteiger partial charge is 0.449 e. The maximum Gasteiger partial charge on any atom is 0.341 e. The summed E-state index contributed by atoms with van der Waals surface area (Å²) in [6, 6.07) is 9.38. The number of ether oxygens (including phenoxy) is 1. The Hall–Kier alpha value is -2.74. The van der Waals surface area contributed by atoms with Crippen molar-refractivity contribution in [3.05, 3.63) is 64.1 Å². The lowest BCUT2D eigenvalue weighted by Crippen LogP contribution is -2.37. The molecule has 8 heteroatoms. The standard InChI is InChI=1S/C19H17BrFN3O3/c1-11(18(25)24(2)9-12-4-3-5-14(21)6-12)27-19(26)15-7-13(20)8-16-17(15)23-10-22-16/h3-8,10-11H,9H2,1-2H3,(H,22,23)/t11-/m1/s1. The number of carbonyl (C=O) groups is 2. The zero-order chi connectivity index (χ0) is 19.6. The van der Waals surface area contributed by atoms with Crippen molar-refractivity contribution in [1.82, 2.24) is 14.9 Å². The molecule has 0 aliphatic heterocycles. The molecule has 140 valence electrons. The van der Waals surface area contributed by atoms with Crippen LogP contribution in [0, 0.1) is 5.82 Å². The average Bonchev–Trinajstić information content (AvgIpc) is 3.08. The minimum absolute atomic E-state index is 0.207. The van der Waals surface area contributed by atoms with E-state index in [0.717, 1.165) is 0 Å². The maximum atomic E-state index is 13.3. The molecule has 0 aliphatic rings. The summed E-state index contributed by atoms with van der Waals surface area (Å²) in [6.07, 6.45) is 0.485. The monoisotopic (exact) mass is 433 g/mol. The number of hydrogen-bond acceptors (Lipinski definition) is 4. The van der Waals surface area contributed by atoms with E-state index in [1.54, 1.807) is 31.3 Å². The van der Waals surface area contributed by atoms with Crippen molar-refractivity contribution in [2.24, 2.45) is 0 Å². The number of carbonyl (C=O) groups excluding carboxylic acids is 2. The second-order valence-corrected chi connectivity index (χ2v) is 7.04. The topological polar surface area (TPSA) is 75.3 Å². The fraction of sp³-hybridized carbons (Fsp3) is 0.211. The van der Waals surface area contributed by atoms with Gasteiger partial charge in [-0.15, -0.1) is 0 Å².